The maximum Gasteiger partial charge on any atom is 0.121 e. The lowest BCUT2D eigenvalue weighted by molar-refractivity contribution is 0.428. The molecule has 0 amide bonds. The van der Waals surface area contributed by atoms with Crippen molar-refractivity contribution in [3.8, 4) is 22.5 Å². The highest BCUT2D eigenvalue weighted by Gasteiger charge is 2.29. The Balaban J connectivity index is 1.80. The molecule has 0 N–H and O–H groups in total. The van der Waals surface area contributed by atoms with E-state index in [1.54, 1.807) is 0 Å². The Bertz CT molecular complexity index is 1020. The van der Waals surface area contributed by atoms with Gasteiger partial charge in [0.05, 0.1) is 11.7 Å². The van der Waals surface area contributed by atoms with Crippen LogP contribution in [0.2, 0.25) is 0 Å². The minimum absolute atomic E-state index is 0.324. The zero-order chi connectivity index (χ0) is 22.5. The summed E-state index contributed by atoms with van der Waals surface area (Å²) in [4.78, 5) is 2.56. The minimum Gasteiger partial charge on any atom is -0.364 e. The highest BCUT2D eigenvalue weighted by atomic mass is 15.4. The summed E-state index contributed by atoms with van der Waals surface area (Å²) in [5, 5.41) is 9.49. The van der Waals surface area contributed by atoms with Crippen molar-refractivity contribution in [3.05, 3.63) is 54.1 Å². The summed E-state index contributed by atoms with van der Waals surface area (Å²) in [5.41, 5.74) is 7.27. The molecule has 2 heterocycles. The van der Waals surface area contributed by atoms with Gasteiger partial charge in [0, 0.05) is 29.4 Å². The van der Waals surface area contributed by atoms with Gasteiger partial charge in [-0.1, -0.05) is 93.6 Å². The Hall–Kier alpha value is -2.62. The van der Waals surface area contributed by atoms with Crippen molar-refractivity contribution in [2.24, 2.45) is 0 Å². The van der Waals surface area contributed by atoms with E-state index in [0.29, 0.717) is 12.1 Å². The number of hydrogen-bond donors (Lipinski definition) is 0. The molecule has 0 spiro atoms. The van der Waals surface area contributed by atoms with E-state index < -0.39 is 0 Å². The number of nitrogens with zero attached hydrogens (tertiary/aromatic N) is 4. The van der Waals surface area contributed by atoms with Gasteiger partial charge < -0.3 is 4.90 Å². The number of para-hydroxylation sites is 1. The van der Waals surface area contributed by atoms with E-state index in [2.05, 4.69) is 85.8 Å². The van der Waals surface area contributed by atoms with Crippen LogP contribution in [-0.2, 0) is 6.54 Å². The molecule has 4 nitrogen and oxygen atoms in total. The molecule has 0 radical (unpaired) electrons. The van der Waals surface area contributed by atoms with Crippen molar-refractivity contribution in [3.63, 3.8) is 0 Å². The average molecular weight is 431 g/mol. The Morgan fingerprint density at radius 1 is 0.844 bits per heavy atom. The summed E-state index contributed by atoms with van der Waals surface area (Å²) in [6.07, 6.45) is 8.74. The lowest BCUT2D eigenvalue weighted by atomic mass is 9.94. The number of rotatable bonds is 9. The van der Waals surface area contributed by atoms with Gasteiger partial charge in [0.15, 0.2) is 0 Å². The number of aromatic nitrogens is 3. The molecule has 0 bridgehead atoms. The summed E-state index contributed by atoms with van der Waals surface area (Å²) in [7, 11) is 0. The van der Waals surface area contributed by atoms with Crippen LogP contribution in [0.15, 0.2) is 48.5 Å². The SMILES string of the molecule is CCCCCCCC(C)n1nnc2c1-c1ccccc1N(C(C)CC)Cc1ccccc1-2. The van der Waals surface area contributed by atoms with Crippen molar-refractivity contribution in [1.82, 2.24) is 15.0 Å². The molecule has 2 unspecified atom stereocenters. The summed E-state index contributed by atoms with van der Waals surface area (Å²) >= 11 is 0. The van der Waals surface area contributed by atoms with Crippen LogP contribution in [0.4, 0.5) is 5.69 Å². The fourth-order valence-corrected chi connectivity index (χ4v) is 4.90. The molecular formula is C28H38N4. The zero-order valence-corrected chi connectivity index (χ0v) is 20.2. The van der Waals surface area contributed by atoms with Gasteiger partial charge in [-0.2, -0.15) is 0 Å². The molecule has 32 heavy (non-hydrogen) atoms. The van der Waals surface area contributed by atoms with Crippen LogP contribution in [0.5, 0.6) is 0 Å². The van der Waals surface area contributed by atoms with Gasteiger partial charge in [-0.05, 0) is 38.3 Å². The Morgan fingerprint density at radius 3 is 2.34 bits per heavy atom. The van der Waals surface area contributed by atoms with Crippen molar-refractivity contribution < 1.29 is 0 Å². The van der Waals surface area contributed by atoms with Crippen molar-refractivity contribution in [2.75, 3.05) is 4.90 Å². The van der Waals surface area contributed by atoms with Crippen molar-refractivity contribution in [2.45, 2.75) is 91.3 Å². The lowest BCUT2D eigenvalue weighted by Crippen LogP contribution is -2.33. The molecular weight excluding hydrogens is 392 g/mol. The first-order chi connectivity index (χ1) is 15.7. The maximum absolute atomic E-state index is 4.76. The Morgan fingerprint density at radius 2 is 1.56 bits per heavy atom. The fraction of sp³-hybridized carbons (Fsp3) is 0.500. The number of hydrogen-bond acceptors (Lipinski definition) is 3. The summed E-state index contributed by atoms with van der Waals surface area (Å²) in [5.74, 6) is 0. The van der Waals surface area contributed by atoms with Crippen LogP contribution >= 0.6 is 0 Å². The molecule has 0 aliphatic carbocycles. The quantitative estimate of drug-likeness (QED) is 0.327. The number of unbranched alkanes of at least 4 members (excludes halogenated alkanes) is 4. The second-order valence-electron chi connectivity index (χ2n) is 9.34. The van der Waals surface area contributed by atoms with Gasteiger partial charge in [-0.25, -0.2) is 4.68 Å². The Kier molecular flexibility index (Phi) is 7.29. The van der Waals surface area contributed by atoms with Crippen LogP contribution in [0.3, 0.4) is 0 Å². The van der Waals surface area contributed by atoms with Crippen LogP contribution in [0, 0.1) is 0 Å². The van der Waals surface area contributed by atoms with E-state index in [1.165, 1.54) is 60.2 Å². The molecule has 1 aromatic heterocycles. The number of benzene rings is 2. The van der Waals surface area contributed by atoms with Crippen molar-refractivity contribution >= 4 is 5.69 Å². The van der Waals surface area contributed by atoms with Gasteiger partial charge in [0.25, 0.3) is 0 Å². The molecule has 2 aromatic carbocycles. The van der Waals surface area contributed by atoms with E-state index >= 15 is 0 Å². The summed E-state index contributed by atoms with van der Waals surface area (Å²) in [6, 6.07) is 18.3. The summed E-state index contributed by atoms with van der Waals surface area (Å²) < 4.78 is 2.20. The zero-order valence-electron chi connectivity index (χ0n) is 20.2. The normalized spacial score (nSPS) is 14.7. The van der Waals surface area contributed by atoms with E-state index in [9.17, 15) is 0 Å². The van der Waals surface area contributed by atoms with E-state index in [1.807, 2.05) is 0 Å². The standard InChI is InChI=1S/C28H38N4/c1-5-7-8-9-10-15-22(4)32-28-25-18-13-14-19-26(25)31(21(3)6-2)20-23-16-11-12-17-24(23)27(28)29-30-32/h11-14,16-19,21-22H,5-10,15,20H2,1-4H3. The van der Waals surface area contributed by atoms with E-state index in [0.717, 1.165) is 25.1 Å². The molecule has 1 aliphatic heterocycles. The molecule has 3 aromatic rings. The highest BCUT2D eigenvalue weighted by molar-refractivity contribution is 5.88. The molecule has 4 heteroatoms. The van der Waals surface area contributed by atoms with E-state index in [-0.39, 0.29) is 0 Å². The largest absolute Gasteiger partial charge is 0.364 e. The van der Waals surface area contributed by atoms with Crippen molar-refractivity contribution in [1.29, 1.82) is 0 Å². The first-order valence-electron chi connectivity index (χ1n) is 12.5. The summed E-state index contributed by atoms with van der Waals surface area (Å²) in [6.45, 7) is 10.1. The topological polar surface area (TPSA) is 34.0 Å². The smallest absolute Gasteiger partial charge is 0.121 e. The van der Waals surface area contributed by atoms with Crippen LogP contribution in [0.1, 0.15) is 84.2 Å². The van der Waals surface area contributed by atoms with E-state index in [4.69, 9.17) is 10.3 Å². The molecule has 1 aliphatic rings. The second kappa shape index (κ2) is 10.3. The first kappa shape index (κ1) is 22.6. The monoisotopic (exact) mass is 430 g/mol. The van der Waals surface area contributed by atoms with Gasteiger partial charge >= 0.3 is 0 Å². The van der Waals surface area contributed by atoms with Gasteiger partial charge in [0.2, 0.25) is 0 Å². The van der Waals surface area contributed by atoms with Crippen LogP contribution in [0.25, 0.3) is 22.5 Å². The third kappa shape index (κ3) is 4.46. The van der Waals surface area contributed by atoms with Crippen LogP contribution < -0.4 is 4.90 Å². The number of fused-ring (bicyclic) bond motifs is 5. The molecule has 0 saturated carbocycles. The predicted molar refractivity (Wildman–Crippen MR) is 135 cm³/mol. The molecule has 0 saturated heterocycles. The van der Waals surface area contributed by atoms with Gasteiger partial charge in [0.1, 0.15) is 5.69 Å². The molecule has 4 rings (SSSR count). The lowest BCUT2D eigenvalue weighted by Gasteiger charge is -2.35. The third-order valence-electron chi connectivity index (χ3n) is 7.04. The minimum atomic E-state index is 0.324. The molecule has 170 valence electrons. The highest BCUT2D eigenvalue weighted by Crippen LogP contribution is 2.43. The predicted octanol–water partition coefficient (Wildman–Crippen LogP) is 7.65. The van der Waals surface area contributed by atoms with Gasteiger partial charge in [-0.15, -0.1) is 5.10 Å². The Labute approximate surface area is 193 Å². The molecule has 2 atom stereocenters. The first-order valence-corrected chi connectivity index (χ1v) is 12.5. The number of anilines is 1. The molecule has 0 fully saturated rings. The van der Waals surface area contributed by atoms with Gasteiger partial charge in [-0.3, -0.25) is 0 Å². The fourth-order valence-electron chi connectivity index (χ4n) is 4.90. The maximum atomic E-state index is 4.76. The average Bonchev–Trinajstić information content (AvgIpc) is 3.25. The second-order valence-corrected chi connectivity index (χ2v) is 9.34. The van der Waals surface area contributed by atoms with Crippen LogP contribution in [-0.4, -0.2) is 21.0 Å². The third-order valence-corrected chi connectivity index (χ3v) is 7.04.